The number of unbranched alkanes of at least 4 members (excludes halogenated alkanes) is 16. The molecule has 0 N–H and O–H groups in total. The lowest BCUT2D eigenvalue weighted by Gasteiger charge is -2.03. The highest BCUT2D eigenvalue weighted by Crippen LogP contribution is 2.13. The number of aromatic nitrogens is 1. The number of pyridine rings is 1. The van der Waals surface area contributed by atoms with Crippen molar-refractivity contribution in [3.63, 3.8) is 0 Å². The Balaban J connectivity index is 1.84. The monoisotopic (exact) mass is 388 g/mol. The zero-order chi connectivity index (χ0) is 20.1. The van der Waals surface area contributed by atoms with Crippen LogP contribution in [0.1, 0.15) is 135 Å². The summed E-state index contributed by atoms with van der Waals surface area (Å²) in [5.41, 5.74) is 1.50. The highest BCUT2D eigenvalue weighted by Gasteiger charge is 2.01. The van der Waals surface area contributed by atoms with Gasteiger partial charge in [0.05, 0.1) is 0 Å². The smallest absolute Gasteiger partial charge is 0.169 e. The van der Waals surface area contributed by atoms with Gasteiger partial charge in [0.1, 0.15) is 6.54 Å². The lowest BCUT2D eigenvalue weighted by atomic mass is 10.0. The average molecular weight is 389 g/mol. The number of aryl methyl sites for hydroxylation is 2. The van der Waals surface area contributed by atoms with Crippen molar-refractivity contribution in [2.75, 3.05) is 0 Å². The first-order valence-electron chi connectivity index (χ1n) is 12.8. The molecule has 0 amide bonds. The van der Waals surface area contributed by atoms with Crippen LogP contribution in [0.5, 0.6) is 0 Å². The van der Waals surface area contributed by atoms with Crippen molar-refractivity contribution in [2.24, 2.45) is 0 Å². The van der Waals surface area contributed by atoms with Gasteiger partial charge < -0.3 is 0 Å². The Bertz CT molecular complexity index is 422. The molecule has 28 heavy (non-hydrogen) atoms. The summed E-state index contributed by atoms with van der Waals surface area (Å²) < 4.78 is 2.37. The van der Waals surface area contributed by atoms with Crippen LogP contribution in [0.2, 0.25) is 0 Å². The van der Waals surface area contributed by atoms with Gasteiger partial charge in [0.25, 0.3) is 0 Å². The van der Waals surface area contributed by atoms with Gasteiger partial charge in [-0.3, -0.25) is 0 Å². The van der Waals surface area contributed by atoms with Crippen molar-refractivity contribution in [1.29, 1.82) is 0 Å². The molecule has 0 unspecified atom stereocenters. The first-order valence-corrected chi connectivity index (χ1v) is 12.8. The minimum atomic E-state index is 1.19. The molecular formula is C27H50N+. The van der Waals surface area contributed by atoms with Gasteiger partial charge in [-0.1, -0.05) is 110 Å². The second kappa shape index (κ2) is 19.5. The molecule has 1 heterocycles. The van der Waals surface area contributed by atoms with Crippen LogP contribution in [0.3, 0.4) is 0 Å². The Hall–Kier alpha value is -0.850. The van der Waals surface area contributed by atoms with Gasteiger partial charge in [-0.15, -0.1) is 0 Å². The average Bonchev–Trinajstić information content (AvgIpc) is 2.72. The highest BCUT2D eigenvalue weighted by molar-refractivity contribution is 5.07. The molecule has 1 aromatic heterocycles. The molecule has 1 heteroatoms. The molecule has 1 rings (SSSR count). The van der Waals surface area contributed by atoms with Gasteiger partial charge in [0.15, 0.2) is 12.4 Å². The van der Waals surface area contributed by atoms with Crippen LogP contribution in [0.15, 0.2) is 24.5 Å². The molecule has 0 spiro atoms. The standard InChI is InChI=1S/C27H50N/c1-3-5-7-8-9-10-11-12-13-14-15-16-17-18-20-24-28-25-22-27(23-26-28)21-19-6-4-2/h22-23,25-26H,3-21,24H2,1-2H3/q+1. The Labute approximate surface area is 177 Å². The van der Waals surface area contributed by atoms with E-state index in [1.807, 2.05) is 0 Å². The van der Waals surface area contributed by atoms with Crippen LogP contribution in [0, 0.1) is 0 Å². The van der Waals surface area contributed by atoms with Gasteiger partial charge in [-0.25, -0.2) is 4.57 Å². The summed E-state index contributed by atoms with van der Waals surface area (Å²) in [5, 5.41) is 0. The lowest BCUT2D eigenvalue weighted by Crippen LogP contribution is -2.32. The van der Waals surface area contributed by atoms with Crippen molar-refractivity contribution in [2.45, 2.75) is 142 Å². The second-order valence-corrected chi connectivity index (χ2v) is 8.85. The molecule has 0 radical (unpaired) electrons. The topological polar surface area (TPSA) is 3.88 Å². The molecule has 0 aliphatic heterocycles. The first kappa shape index (κ1) is 25.2. The van der Waals surface area contributed by atoms with E-state index in [0.29, 0.717) is 0 Å². The highest BCUT2D eigenvalue weighted by atomic mass is 14.9. The van der Waals surface area contributed by atoms with E-state index >= 15 is 0 Å². The fraction of sp³-hybridized carbons (Fsp3) is 0.815. The molecule has 0 fully saturated rings. The van der Waals surface area contributed by atoms with Crippen molar-refractivity contribution in [3.05, 3.63) is 30.1 Å². The fourth-order valence-electron chi connectivity index (χ4n) is 4.05. The van der Waals surface area contributed by atoms with E-state index in [1.54, 1.807) is 0 Å². The maximum Gasteiger partial charge on any atom is 0.169 e. The second-order valence-electron chi connectivity index (χ2n) is 8.85. The molecule has 0 aliphatic carbocycles. The molecule has 0 saturated carbocycles. The third kappa shape index (κ3) is 15.1. The quantitative estimate of drug-likeness (QED) is 0.155. The summed E-state index contributed by atoms with van der Waals surface area (Å²) in [4.78, 5) is 0. The van der Waals surface area contributed by atoms with Crippen molar-refractivity contribution in [3.8, 4) is 0 Å². The van der Waals surface area contributed by atoms with E-state index < -0.39 is 0 Å². The van der Waals surface area contributed by atoms with Crippen LogP contribution >= 0.6 is 0 Å². The van der Waals surface area contributed by atoms with Gasteiger partial charge in [-0.2, -0.15) is 0 Å². The first-order chi connectivity index (χ1) is 13.9. The summed E-state index contributed by atoms with van der Waals surface area (Å²) in [6.45, 7) is 5.76. The number of rotatable bonds is 20. The minimum absolute atomic E-state index is 1.19. The number of nitrogens with zero attached hydrogens (tertiary/aromatic N) is 1. The fourth-order valence-corrected chi connectivity index (χ4v) is 4.05. The lowest BCUT2D eigenvalue weighted by molar-refractivity contribution is -0.697. The van der Waals surface area contributed by atoms with Crippen LogP contribution < -0.4 is 4.57 Å². The summed E-state index contributed by atoms with van der Waals surface area (Å²) in [7, 11) is 0. The van der Waals surface area contributed by atoms with E-state index in [4.69, 9.17) is 0 Å². The van der Waals surface area contributed by atoms with Crippen LogP contribution in [0.4, 0.5) is 0 Å². The van der Waals surface area contributed by atoms with E-state index in [1.165, 1.54) is 134 Å². The Kier molecular flexibility index (Phi) is 17.5. The Morgan fingerprint density at radius 3 is 1.36 bits per heavy atom. The molecule has 1 nitrogen and oxygen atoms in total. The SMILES string of the molecule is CCCCCCCCCCCCCCCCC[n+]1ccc(CCCCC)cc1. The van der Waals surface area contributed by atoms with E-state index in [2.05, 4.69) is 42.9 Å². The van der Waals surface area contributed by atoms with E-state index in [0.717, 1.165) is 0 Å². The van der Waals surface area contributed by atoms with E-state index in [9.17, 15) is 0 Å². The zero-order valence-corrected chi connectivity index (χ0v) is 19.4. The zero-order valence-electron chi connectivity index (χ0n) is 19.4. The number of hydrogen-bond donors (Lipinski definition) is 0. The van der Waals surface area contributed by atoms with Gasteiger partial charge in [0, 0.05) is 18.6 Å². The predicted octanol–water partition coefficient (Wildman–Crippen LogP) is 8.58. The van der Waals surface area contributed by atoms with Crippen molar-refractivity contribution < 1.29 is 4.57 Å². The summed E-state index contributed by atoms with van der Waals surface area (Å²) in [6, 6.07) is 4.64. The molecule has 0 aromatic carbocycles. The molecule has 0 atom stereocenters. The number of hydrogen-bond acceptors (Lipinski definition) is 0. The van der Waals surface area contributed by atoms with Crippen molar-refractivity contribution in [1.82, 2.24) is 0 Å². The van der Waals surface area contributed by atoms with E-state index in [-0.39, 0.29) is 0 Å². The molecular weight excluding hydrogens is 338 g/mol. The summed E-state index contributed by atoms with van der Waals surface area (Å²) in [5.74, 6) is 0. The largest absolute Gasteiger partial charge is 0.205 e. The molecule has 0 aliphatic rings. The van der Waals surface area contributed by atoms with Gasteiger partial charge in [-0.05, 0) is 24.8 Å². The van der Waals surface area contributed by atoms with Gasteiger partial charge >= 0.3 is 0 Å². The van der Waals surface area contributed by atoms with Crippen LogP contribution in [0.25, 0.3) is 0 Å². The predicted molar refractivity (Wildman–Crippen MR) is 125 cm³/mol. The molecule has 162 valence electrons. The molecule has 0 bridgehead atoms. The maximum absolute atomic E-state index is 2.37. The third-order valence-electron chi connectivity index (χ3n) is 6.05. The third-order valence-corrected chi connectivity index (χ3v) is 6.05. The van der Waals surface area contributed by atoms with Gasteiger partial charge in [0.2, 0.25) is 0 Å². The van der Waals surface area contributed by atoms with Crippen LogP contribution in [-0.4, -0.2) is 0 Å². The summed E-state index contributed by atoms with van der Waals surface area (Å²) >= 11 is 0. The minimum Gasteiger partial charge on any atom is -0.205 e. The maximum atomic E-state index is 2.37. The molecule has 0 saturated heterocycles. The molecule has 1 aromatic rings. The normalized spacial score (nSPS) is 11.2. The summed E-state index contributed by atoms with van der Waals surface area (Å²) in [6.07, 6.45) is 31.4. The Morgan fingerprint density at radius 1 is 0.500 bits per heavy atom. The van der Waals surface area contributed by atoms with Crippen LogP contribution in [-0.2, 0) is 13.0 Å². The van der Waals surface area contributed by atoms with Crippen molar-refractivity contribution >= 4 is 0 Å². The Morgan fingerprint density at radius 2 is 0.893 bits per heavy atom.